The summed E-state index contributed by atoms with van der Waals surface area (Å²) in [5.41, 5.74) is 0.724. The standard InChI is InChI=1S/C21H34N4O2S/c26-19(23-13-7-12-22-17-10-5-2-6-11-17)14-18-15-28-21(24-18)25-20(27)16-8-3-1-4-9-16/h15-17,22H,1-14H2,(H,23,26)(H,24,25,27). The highest BCUT2D eigenvalue weighted by atomic mass is 32.1. The number of nitrogens with zero attached hydrogens (tertiary/aromatic N) is 1. The molecule has 28 heavy (non-hydrogen) atoms. The van der Waals surface area contributed by atoms with Gasteiger partial charge in [-0.05, 0) is 38.6 Å². The summed E-state index contributed by atoms with van der Waals surface area (Å²) in [5.74, 6) is 0.190. The number of anilines is 1. The van der Waals surface area contributed by atoms with Crippen molar-refractivity contribution in [3.05, 3.63) is 11.1 Å². The number of nitrogens with one attached hydrogen (secondary N) is 3. The monoisotopic (exact) mass is 406 g/mol. The van der Waals surface area contributed by atoms with E-state index in [0.29, 0.717) is 17.7 Å². The molecule has 2 aliphatic carbocycles. The third kappa shape index (κ3) is 7.17. The molecule has 0 aliphatic heterocycles. The zero-order valence-corrected chi connectivity index (χ0v) is 17.6. The Bertz CT molecular complexity index is 622. The van der Waals surface area contributed by atoms with Crippen molar-refractivity contribution in [2.45, 2.75) is 83.1 Å². The number of carbonyl (C=O) groups is 2. The Kier molecular flexibility index (Phi) is 8.73. The third-order valence-electron chi connectivity index (χ3n) is 5.81. The first-order valence-electron chi connectivity index (χ1n) is 11.0. The fourth-order valence-electron chi connectivity index (χ4n) is 4.17. The molecule has 0 unspecified atom stereocenters. The van der Waals surface area contributed by atoms with Crippen LogP contribution in [-0.2, 0) is 16.0 Å². The molecule has 0 radical (unpaired) electrons. The lowest BCUT2D eigenvalue weighted by molar-refractivity contribution is -0.121. The van der Waals surface area contributed by atoms with E-state index in [1.54, 1.807) is 0 Å². The minimum absolute atomic E-state index is 0.00637. The van der Waals surface area contributed by atoms with Crippen LogP contribution < -0.4 is 16.0 Å². The van der Waals surface area contributed by atoms with E-state index in [2.05, 4.69) is 20.9 Å². The molecule has 7 heteroatoms. The van der Waals surface area contributed by atoms with Gasteiger partial charge < -0.3 is 16.0 Å². The minimum Gasteiger partial charge on any atom is -0.356 e. The summed E-state index contributed by atoms with van der Waals surface area (Å²) in [7, 11) is 0. The molecule has 2 amide bonds. The Morgan fingerprint density at radius 3 is 2.46 bits per heavy atom. The lowest BCUT2D eigenvalue weighted by Gasteiger charge is -2.22. The second kappa shape index (κ2) is 11.5. The summed E-state index contributed by atoms with van der Waals surface area (Å²) in [5, 5.41) is 12.0. The van der Waals surface area contributed by atoms with Crippen molar-refractivity contribution in [3.8, 4) is 0 Å². The summed E-state index contributed by atoms with van der Waals surface area (Å²) < 4.78 is 0. The van der Waals surface area contributed by atoms with Crippen molar-refractivity contribution in [1.29, 1.82) is 0 Å². The van der Waals surface area contributed by atoms with Gasteiger partial charge in [0.1, 0.15) is 0 Å². The van der Waals surface area contributed by atoms with Crippen LogP contribution >= 0.6 is 11.3 Å². The molecular formula is C21H34N4O2S. The second-order valence-electron chi connectivity index (χ2n) is 8.14. The quantitative estimate of drug-likeness (QED) is 0.547. The molecule has 6 nitrogen and oxygen atoms in total. The predicted molar refractivity (Wildman–Crippen MR) is 114 cm³/mol. The first kappa shape index (κ1) is 21.2. The molecule has 3 N–H and O–H groups in total. The summed E-state index contributed by atoms with van der Waals surface area (Å²) in [6.45, 7) is 1.65. The van der Waals surface area contributed by atoms with Crippen molar-refractivity contribution >= 4 is 28.3 Å². The number of thiazole rings is 1. The van der Waals surface area contributed by atoms with Crippen molar-refractivity contribution in [3.63, 3.8) is 0 Å². The van der Waals surface area contributed by atoms with Gasteiger partial charge in [0.15, 0.2) is 5.13 Å². The highest BCUT2D eigenvalue weighted by Gasteiger charge is 2.22. The Morgan fingerprint density at radius 2 is 1.71 bits per heavy atom. The first-order valence-corrected chi connectivity index (χ1v) is 11.8. The van der Waals surface area contributed by atoms with E-state index in [0.717, 1.165) is 44.3 Å². The first-order chi connectivity index (χ1) is 13.7. The van der Waals surface area contributed by atoms with Crippen LogP contribution in [0.1, 0.15) is 76.3 Å². The van der Waals surface area contributed by atoms with Crippen molar-refractivity contribution < 1.29 is 9.59 Å². The average Bonchev–Trinajstić information content (AvgIpc) is 3.15. The van der Waals surface area contributed by atoms with Gasteiger partial charge in [0.2, 0.25) is 11.8 Å². The molecule has 0 atom stereocenters. The van der Waals surface area contributed by atoms with E-state index in [1.165, 1.54) is 49.9 Å². The van der Waals surface area contributed by atoms with Crippen LogP contribution in [0.5, 0.6) is 0 Å². The molecule has 2 fully saturated rings. The lowest BCUT2D eigenvalue weighted by Crippen LogP contribution is -2.34. The highest BCUT2D eigenvalue weighted by molar-refractivity contribution is 7.13. The van der Waals surface area contributed by atoms with Gasteiger partial charge in [-0.1, -0.05) is 38.5 Å². The third-order valence-corrected chi connectivity index (χ3v) is 6.62. The SMILES string of the molecule is O=C(Cc1csc(NC(=O)C2CCCCC2)n1)NCCCNC1CCCCC1. The fourth-order valence-corrected chi connectivity index (χ4v) is 4.89. The topological polar surface area (TPSA) is 83.1 Å². The average molecular weight is 407 g/mol. The molecule has 1 aromatic rings. The van der Waals surface area contributed by atoms with E-state index in [4.69, 9.17) is 0 Å². The zero-order chi connectivity index (χ0) is 19.6. The minimum atomic E-state index is -0.00637. The smallest absolute Gasteiger partial charge is 0.229 e. The maximum absolute atomic E-state index is 12.3. The molecule has 0 bridgehead atoms. The number of hydrogen-bond donors (Lipinski definition) is 3. The maximum Gasteiger partial charge on any atom is 0.229 e. The van der Waals surface area contributed by atoms with E-state index in [-0.39, 0.29) is 24.2 Å². The van der Waals surface area contributed by atoms with Gasteiger partial charge in [0.25, 0.3) is 0 Å². The Morgan fingerprint density at radius 1 is 1.00 bits per heavy atom. The summed E-state index contributed by atoms with van der Waals surface area (Å²) in [6.07, 6.45) is 13.3. The number of amides is 2. The molecular weight excluding hydrogens is 372 g/mol. The summed E-state index contributed by atoms with van der Waals surface area (Å²) in [6, 6.07) is 0.668. The Labute approximate surface area is 172 Å². The molecule has 3 rings (SSSR count). The molecule has 0 spiro atoms. The van der Waals surface area contributed by atoms with Crippen LogP contribution in [0.25, 0.3) is 0 Å². The van der Waals surface area contributed by atoms with E-state index in [1.807, 2.05) is 5.38 Å². The second-order valence-corrected chi connectivity index (χ2v) is 9.00. The van der Waals surface area contributed by atoms with Crippen LogP contribution in [-0.4, -0.2) is 35.9 Å². The van der Waals surface area contributed by atoms with E-state index in [9.17, 15) is 9.59 Å². The fraction of sp³-hybridized carbons (Fsp3) is 0.762. The molecule has 1 heterocycles. The van der Waals surface area contributed by atoms with Crippen molar-refractivity contribution in [2.24, 2.45) is 5.92 Å². The number of hydrogen-bond acceptors (Lipinski definition) is 5. The molecule has 0 aromatic carbocycles. The van der Waals surface area contributed by atoms with Crippen molar-refractivity contribution in [1.82, 2.24) is 15.6 Å². The zero-order valence-electron chi connectivity index (χ0n) is 16.8. The lowest BCUT2D eigenvalue weighted by atomic mass is 9.89. The van der Waals surface area contributed by atoms with Crippen LogP contribution in [0.4, 0.5) is 5.13 Å². The Hall–Kier alpha value is -1.47. The highest BCUT2D eigenvalue weighted by Crippen LogP contribution is 2.25. The van der Waals surface area contributed by atoms with Gasteiger partial charge in [-0.3, -0.25) is 9.59 Å². The number of carbonyl (C=O) groups excluding carboxylic acids is 2. The van der Waals surface area contributed by atoms with Gasteiger partial charge in [0.05, 0.1) is 12.1 Å². The van der Waals surface area contributed by atoms with Crippen LogP contribution in [0.15, 0.2) is 5.38 Å². The van der Waals surface area contributed by atoms with Crippen molar-refractivity contribution in [2.75, 3.05) is 18.4 Å². The van der Waals surface area contributed by atoms with Crippen LogP contribution in [0.3, 0.4) is 0 Å². The summed E-state index contributed by atoms with van der Waals surface area (Å²) in [4.78, 5) is 28.8. The predicted octanol–water partition coefficient (Wildman–Crippen LogP) is 3.63. The normalized spacial score (nSPS) is 18.7. The number of rotatable bonds is 9. The number of aromatic nitrogens is 1. The van der Waals surface area contributed by atoms with Gasteiger partial charge in [-0.2, -0.15) is 0 Å². The Balaban J connectivity index is 1.29. The van der Waals surface area contributed by atoms with Crippen LogP contribution in [0.2, 0.25) is 0 Å². The molecule has 2 saturated carbocycles. The van der Waals surface area contributed by atoms with E-state index >= 15 is 0 Å². The summed E-state index contributed by atoms with van der Waals surface area (Å²) >= 11 is 1.40. The molecule has 1 aromatic heterocycles. The van der Waals surface area contributed by atoms with Gasteiger partial charge in [-0.15, -0.1) is 11.3 Å². The molecule has 2 aliphatic rings. The van der Waals surface area contributed by atoms with Gasteiger partial charge in [-0.25, -0.2) is 4.98 Å². The molecule has 0 saturated heterocycles. The van der Waals surface area contributed by atoms with Gasteiger partial charge in [0, 0.05) is 23.9 Å². The van der Waals surface area contributed by atoms with Crippen LogP contribution in [0, 0.1) is 5.92 Å². The van der Waals surface area contributed by atoms with E-state index < -0.39 is 0 Å². The largest absolute Gasteiger partial charge is 0.356 e. The maximum atomic E-state index is 12.3. The van der Waals surface area contributed by atoms with Gasteiger partial charge >= 0.3 is 0 Å². The molecule has 156 valence electrons.